The molecule has 0 aliphatic rings. The molecule has 0 fully saturated rings. The average Bonchev–Trinajstić information content (AvgIpc) is 2.86. The zero-order valence-corrected chi connectivity index (χ0v) is 20.6. The molecule has 0 saturated carbocycles. The van der Waals surface area contributed by atoms with Crippen molar-refractivity contribution in [1.29, 1.82) is 0 Å². The lowest BCUT2D eigenvalue weighted by molar-refractivity contribution is -0.147. The van der Waals surface area contributed by atoms with Crippen LogP contribution in [0.4, 0.5) is 0 Å². The van der Waals surface area contributed by atoms with Crippen molar-refractivity contribution in [3.63, 3.8) is 0 Å². The lowest BCUT2D eigenvalue weighted by atomic mass is 10.0. The number of amides is 4. The van der Waals surface area contributed by atoms with E-state index < -0.39 is 73.2 Å². The molecule has 1 aromatic rings. The Labute approximate surface area is 218 Å². The largest absolute Gasteiger partial charge is 0.508 e. The molecule has 1 aromatic carbocycles. The van der Waals surface area contributed by atoms with Gasteiger partial charge in [0.25, 0.3) is 0 Å². The van der Waals surface area contributed by atoms with Gasteiger partial charge >= 0.3 is 11.9 Å². The number of nitrogens with one attached hydrogen (secondary N) is 4. The second kappa shape index (κ2) is 16.5. The lowest BCUT2D eigenvalue weighted by Crippen LogP contribution is -2.53. The SMILES string of the molecule is NCCCC[C@H](NC(=O)[C@@H](N)Cc1ccc(O)cc1)C(=O)NCC(=O)NCC(=O)N[C@@H](CC(=O)O)C(=O)O. The van der Waals surface area contributed by atoms with Crippen molar-refractivity contribution in [2.75, 3.05) is 19.6 Å². The van der Waals surface area contributed by atoms with Crippen molar-refractivity contribution in [3.8, 4) is 5.75 Å². The molecule has 3 atom stereocenters. The molecule has 0 aliphatic carbocycles. The van der Waals surface area contributed by atoms with E-state index in [1.807, 2.05) is 5.32 Å². The minimum Gasteiger partial charge on any atom is -0.508 e. The number of carbonyl (C=O) groups is 6. The number of aliphatic carboxylic acids is 2. The van der Waals surface area contributed by atoms with Gasteiger partial charge in [0.1, 0.15) is 17.8 Å². The quantitative estimate of drug-likeness (QED) is 0.0911. The molecule has 15 nitrogen and oxygen atoms in total. The number of nitrogens with two attached hydrogens (primary N) is 2. The van der Waals surface area contributed by atoms with Crippen LogP contribution in [0.25, 0.3) is 0 Å². The number of carboxylic acid groups (broad SMARTS) is 2. The molecular formula is C23H34N6O9. The van der Waals surface area contributed by atoms with E-state index in [1.54, 1.807) is 12.1 Å². The molecule has 0 bridgehead atoms. The lowest BCUT2D eigenvalue weighted by Gasteiger charge is -2.21. The highest BCUT2D eigenvalue weighted by Crippen LogP contribution is 2.11. The fourth-order valence-electron chi connectivity index (χ4n) is 3.17. The maximum Gasteiger partial charge on any atom is 0.326 e. The van der Waals surface area contributed by atoms with Crippen LogP contribution in [0, 0.1) is 0 Å². The molecule has 38 heavy (non-hydrogen) atoms. The number of carboxylic acids is 2. The second-order valence-electron chi connectivity index (χ2n) is 8.37. The Morgan fingerprint density at radius 3 is 2.03 bits per heavy atom. The number of hydrogen-bond acceptors (Lipinski definition) is 9. The summed E-state index contributed by atoms with van der Waals surface area (Å²) in [6, 6.07) is 2.47. The summed E-state index contributed by atoms with van der Waals surface area (Å²) in [6.45, 7) is -0.824. The van der Waals surface area contributed by atoms with Gasteiger partial charge in [-0.15, -0.1) is 0 Å². The smallest absolute Gasteiger partial charge is 0.326 e. The van der Waals surface area contributed by atoms with Crippen LogP contribution >= 0.6 is 0 Å². The van der Waals surface area contributed by atoms with Crippen LogP contribution in [0.1, 0.15) is 31.2 Å². The topological polar surface area (TPSA) is 263 Å². The van der Waals surface area contributed by atoms with Crippen LogP contribution in [0.5, 0.6) is 5.75 Å². The summed E-state index contributed by atoms with van der Waals surface area (Å²) < 4.78 is 0. The summed E-state index contributed by atoms with van der Waals surface area (Å²) in [5, 5.41) is 36.0. The first-order valence-corrected chi connectivity index (χ1v) is 11.7. The van der Waals surface area contributed by atoms with Gasteiger partial charge in [0.15, 0.2) is 0 Å². The van der Waals surface area contributed by atoms with E-state index >= 15 is 0 Å². The molecular weight excluding hydrogens is 504 g/mol. The van der Waals surface area contributed by atoms with Crippen molar-refractivity contribution < 1.29 is 44.1 Å². The summed E-state index contributed by atoms with van der Waals surface area (Å²) >= 11 is 0. The molecule has 0 aromatic heterocycles. The summed E-state index contributed by atoms with van der Waals surface area (Å²) in [4.78, 5) is 70.8. The molecule has 210 valence electrons. The van der Waals surface area contributed by atoms with E-state index in [2.05, 4.69) is 16.0 Å². The maximum absolute atomic E-state index is 12.7. The highest BCUT2D eigenvalue weighted by atomic mass is 16.4. The van der Waals surface area contributed by atoms with Gasteiger partial charge < -0.3 is 48.1 Å². The van der Waals surface area contributed by atoms with Gasteiger partial charge in [-0.2, -0.15) is 0 Å². The Hall–Kier alpha value is -4.24. The number of aromatic hydroxyl groups is 1. The highest BCUT2D eigenvalue weighted by molar-refractivity contribution is 5.93. The number of hydrogen-bond donors (Lipinski definition) is 9. The number of phenolic OH excluding ortho intramolecular Hbond substituents is 1. The van der Waals surface area contributed by atoms with Crippen molar-refractivity contribution >= 4 is 35.6 Å². The third-order valence-corrected chi connectivity index (χ3v) is 5.19. The molecule has 0 radical (unpaired) electrons. The van der Waals surface area contributed by atoms with Crippen molar-refractivity contribution in [2.45, 2.75) is 50.2 Å². The van der Waals surface area contributed by atoms with Gasteiger partial charge in [0, 0.05) is 0 Å². The third-order valence-electron chi connectivity index (χ3n) is 5.19. The van der Waals surface area contributed by atoms with E-state index in [0.717, 1.165) is 0 Å². The number of phenols is 1. The van der Waals surface area contributed by atoms with Gasteiger partial charge in [-0.05, 0) is 49.9 Å². The first-order chi connectivity index (χ1) is 17.9. The minimum atomic E-state index is -1.67. The second-order valence-corrected chi connectivity index (χ2v) is 8.37. The summed E-state index contributed by atoms with van der Waals surface area (Å²) in [5.74, 6) is -5.90. The van der Waals surface area contributed by atoms with Crippen LogP contribution in [-0.2, 0) is 35.2 Å². The number of carbonyl (C=O) groups excluding carboxylic acids is 4. The fraction of sp³-hybridized carbons (Fsp3) is 0.478. The Morgan fingerprint density at radius 1 is 0.816 bits per heavy atom. The first kappa shape index (κ1) is 31.8. The van der Waals surface area contributed by atoms with Gasteiger partial charge in [-0.25, -0.2) is 4.79 Å². The third kappa shape index (κ3) is 12.6. The molecule has 1 rings (SSSR count). The van der Waals surface area contributed by atoms with E-state index in [4.69, 9.17) is 21.7 Å². The maximum atomic E-state index is 12.7. The van der Waals surface area contributed by atoms with Crippen LogP contribution in [0.3, 0.4) is 0 Å². The monoisotopic (exact) mass is 538 g/mol. The summed E-state index contributed by atoms with van der Waals surface area (Å²) in [6.07, 6.45) is 0.637. The van der Waals surface area contributed by atoms with E-state index in [-0.39, 0.29) is 18.6 Å². The van der Waals surface area contributed by atoms with Crippen LogP contribution in [-0.4, -0.2) is 88.6 Å². The molecule has 0 heterocycles. The van der Waals surface area contributed by atoms with Crippen LogP contribution < -0.4 is 32.7 Å². The standard InChI is InChI=1S/C23H34N6O9/c24-8-2-1-3-16(29-21(35)15(25)9-13-4-6-14(30)7-5-13)22(36)27-11-18(31)26-12-19(32)28-17(23(37)38)10-20(33)34/h4-7,15-17,30H,1-3,8-12,24-25H2,(H,26,31)(H,27,36)(H,28,32)(H,29,35)(H,33,34)(H,37,38)/t15-,16-,17-/m0/s1. The molecule has 11 N–H and O–H groups in total. The van der Waals surface area contributed by atoms with E-state index in [9.17, 15) is 33.9 Å². The minimum absolute atomic E-state index is 0.0655. The van der Waals surface area contributed by atoms with E-state index in [0.29, 0.717) is 24.9 Å². The molecule has 0 unspecified atom stereocenters. The Balaban J connectivity index is 2.60. The number of unbranched alkanes of at least 4 members (excludes halogenated alkanes) is 1. The van der Waals surface area contributed by atoms with Crippen molar-refractivity contribution in [2.24, 2.45) is 11.5 Å². The van der Waals surface area contributed by atoms with Gasteiger partial charge in [-0.3, -0.25) is 24.0 Å². The Morgan fingerprint density at radius 2 is 1.45 bits per heavy atom. The number of benzene rings is 1. The van der Waals surface area contributed by atoms with Crippen molar-refractivity contribution in [3.05, 3.63) is 29.8 Å². The molecule has 0 aliphatic heterocycles. The van der Waals surface area contributed by atoms with E-state index in [1.165, 1.54) is 12.1 Å². The molecule has 0 spiro atoms. The molecule has 15 heteroatoms. The fourth-order valence-corrected chi connectivity index (χ4v) is 3.17. The predicted octanol–water partition coefficient (Wildman–Crippen LogP) is -2.85. The van der Waals surface area contributed by atoms with Crippen LogP contribution in [0.15, 0.2) is 24.3 Å². The highest BCUT2D eigenvalue weighted by Gasteiger charge is 2.25. The van der Waals surface area contributed by atoms with Gasteiger partial charge in [0.05, 0.1) is 25.6 Å². The first-order valence-electron chi connectivity index (χ1n) is 11.7. The average molecular weight is 539 g/mol. The van der Waals surface area contributed by atoms with Gasteiger partial charge in [-0.1, -0.05) is 12.1 Å². The zero-order chi connectivity index (χ0) is 28.7. The summed E-state index contributed by atoms with van der Waals surface area (Å²) in [5.41, 5.74) is 12.2. The molecule has 0 saturated heterocycles. The van der Waals surface area contributed by atoms with Gasteiger partial charge in [0.2, 0.25) is 23.6 Å². The Bertz CT molecular complexity index is 986. The summed E-state index contributed by atoms with van der Waals surface area (Å²) in [7, 11) is 0. The van der Waals surface area contributed by atoms with Crippen LogP contribution in [0.2, 0.25) is 0 Å². The zero-order valence-electron chi connectivity index (χ0n) is 20.6. The molecule has 4 amide bonds. The predicted molar refractivity (Wildman–Crippen MR) is 132 cm³/mol. The normalized spacial score (nSPS) is 12.9. The van der Waals surface area contributed by atoms with Crippen molar-refractivity contribution in [1.82, 2.24) is 21.3 Å². The Kier molecular flexibility index (Phi) is 13.8. The number of rotatable bonds is 17.